The molecule has 0 rings (SSSR count). The number of carbonyl (C=O) groups is 1. The van der Waals surface area contributed by atoms with Crippen LogP contribution in [0.3, 0.4) is 0 Å². The van der Waals surface area contributed by atoms with E-state index in [1.807, 2.05) is 6.92 Å². The zero-order valence-corrected chi connectivity index (χ0v) is 16.0. The normalized spacial score (nSPS) is 11.4. The van der Waals surface area contributed by atoms with Crippen LogP contribution < -0.4 is 0 Å². The number of hydrogen-bond donors (Lipinski definition) is 3. The Bertz CT molecular complexity index is 258. The van der Waals surface area contributed by atoms with Crippen LogP contribution in [0.15, 0.2) is 0 Å². The topological polar surface area (TPSA) is 105 Å². The quantitative estimate of drug-likeness (QED) is 0.302. The average Bonchev–Trinajstić information content (AvgIpc) is 2.59. The molecule has 7 nitrogen and oxygen atoms in total. The van der Waals surface area contributed by atoms with Crippen molar-refractivity contribution in [2.24, 2.45) is 5.92 Å². The van der Waals surface area contributed by atoms with E-state index in [2.05, 4.69) is 0 Å². The lowest BCUT2D eigenvalue weighted by Gasteiger charge is -2.10. The summed E-state index contributed by atoms with van der Waals surface area (Å²) in [6.45, 7) is 4.14. The molecule has 1 atom stereocenters. The predicted molar refractivity (Wildman–Crippen MR) is 96.5 cm³/mol. The van der Waals surface area contributed by atoms with Crippen molar-refractivity contribution in [2.45, 2.75) is 58.3 Å². The minimum absolute atomic E-state index is 0.166. The van der Waals surface area contributed by atoms with Crippen molar-refractivity contribution in [3.63, 3.8) is 0 Å². The second-order valence-corrected chi connectivity index (χ2v) is 5.91. The Labute approximate surface area is 152 Å². The lowest BCUT2D eigenvalue weighted by molar-refractivity contribution is 0.0500. The Morgan fingerprint density at radius 2 is 1.32 bits per heavy atom. The second kappa shape index (κ2) is 23.1. The van der Waals surface area contributed by atoms with E-state index in [1.54, 1.807) is 7.11 Å². The van der Waals surface area contributed by atoms with Crippen LogP contribution in [0, 0.1) is 5.92 Å². The van der Waals surface area contributed by atoms with Crippen LogP contribution in [0.5, 0.6) is 0 Å². The van der Waals surface area contributed by atoms with Crippen LogP contribution in [0.4, 0.5) is 4.79 Å². The van der Waals surface area contributed by atoms with Gasteiger partial charge in [-0.25, -0.2) is 4.79 Å². The molecule has 0 aromatic rings. The molecular weight excluding hydrogens is 328 g/mol. The number of hydrogen-bond acceptors (Lipinski definition) is 7. The summed E-state index contributed by atoms with van der Waals surface area (Å²) in [5.74, 6) is 0.348. The van der Waals surface area contributed by atoms with E-state index < -0.39 is 6.16 Å². The smallest absolute Gasteiger partial charge is 0.434 e. The van der Waals surface area contributed by atoms with Gasteiger partial charge in [0.05, 0.1) is 13.2 Å². The molecule has 0 saturated heterocycles. The van der Waals surface area contributed by atoms with Gasteiger partial charge in [0.2, 0.25) is 0 Å². The molecule has 0 heterocycles. The number of methoxy groups -OCH3 is 1. The van der Waals surface area contributed by atoms with E-state index in [0.29, 0.717) is 19.1 Å². The molecule has 7 heteroatoms. The molecule has 0 bridgehead atoms. The summed E-state index contributed by atoms with van der Waals surface area (Å²) in [6.07, 6.45) is 6.17. The van der Waals surface area contributed by atoms with Gasteiger partial charge in [0, 0.05) is 33.5 Å². The summed E-state index contributed by atoms with van der Waals surface area (Å²) in [5, 5.41) is 25.5. The van der Waals surface area contributed by atoms with Crippen molar-refractivity contribution >= 4 is 6.16 Å². The molecule has 0 fully saturated rings. The third-order valence-electron chi connectivity index (χ3n) is 3.48. The summed E-state index contributed by atoms with van der Waals surface area (Å²) in [7, 11) is 1.66. The SMILES string of the molecule is CC(CCO)CCOC(=O)OCCCCCCO.COCCCCO. The predicted octanol–water partition coefficient (Wildman–Crippen LogP) is 2.51. The summed E-state index contributed by atoms with van der Waals surface area (Å²) in [4.78, 5) is 11.1. The molecule has 0 aromatic heterocycles. The first kappa shape index (κ1) is 26.3. The van der Waals surface area contributed by atoms with Gasteiger partial charge in [-0.1, -0.05) is 13.3 Å². The fraction of sp³-hybridized carbons (Fsp3) is 0.944. The van der Waals surface area contributed by atoms with Gasteiger partial charge in [-0.05, 0) is 50.9 Å². The van der Waals surface area contributed by atoms with Gasteiger partial charge in [0.15, 0.2) is 0 Å². The van der Waals surface area contributed by atoms with Crippen molar-refractivity contribution in [1.82, 2.24) is 0 Å². The summed E-state index contributed by atoms with van der Waals surface area (Å²) >= 11 is 0. The lowest BCUT2D eigenvalue weighted by atomic mass is 10.1. The van der Waals surface area contributed by atoms with Crippen molar-refractivity contribution in [1.29, 1.82) is 0 Å². The minimum atomic E-state index is -0.617. The van der Waals surface area contributed by atoms with E-state index in [-0.39, 0.29) is 19.8 Å². The number of rotatable bonds is 15. The number of unbranched alkanes of at least 4 members (excludes halogenated alkanes) is 4. The van der Waals surface area contributed by atoms with E-state index in [9.17, 15) is 4.79 Å². The third kappa shape index (κ3) is 25.5. The fourth-order valence-corrected chi connectivity index (χ4v) is 1.83. The number of aliphatic hydroxyl groups is 3. The maximum atomic E-state index is 11.1. The van der Waals surface area contributed by atoms with Gasteiger partial charge in [0.25, 0.3) is 0 Å². The fourth-order valence-electron chi connectivity index (χ4n) is 1.83. The Morgan fingerprint density at radius 1 is 0.760 bits per heavy atom. The monoisotopic (exact) mass is 366 g/mol. The van der Waals surface area contributed by atoms with Crippen molar-refractivity contribution < 1.29 is 34.3 Å². The van der Waals surface area contributed by atoms with Gasteiger partial charge >= 0.3 is 6.16 Å². The maximum absolute atomic E-state index is 11.1. The molecule has 0 spiro atoms. The molecule has 0 aromatic carbocycles. The molecule has 1 unspecified atom stereocenters. The van der Waals surface area contributed by atoms with Crippen LogP contribution in [-0.2, 0) is 14.2 Å². The molecule has 3 N–H and O–H groups in total. The van der Waals surface area contributed by atoms with Crippen molar-refractivity contribution in [2.75, 3.05) is 46.8 Å². The van der Waals surface area contributed by atoms with Crippen LogP contribution in [0.2, 0.25) is 0 Å². The highest BCUT2D eigenvalue weighted by Crippen LogP contribution is 2.07. The van der Waals surface area contributed by atoms with Gasteiger partial charge in [-0.2, -0.15) is 0 Å². The summed E-state index contributed by atoms with van der Waals surface area (Å²) in [6, 6.07) is 0. The Hall–Kier alpha value is -0.890. The molecule has 0 aliphatic heterocycles. The maximum Gasteiger partial charge on any atom is 0.508 e. The van der Waals surface area contributed by atoms with Crippen LogP contribution in [0.25, 0.3) is 0 Å². The largest absolute Gasteiger partial charge is 0.508 e. The molecular formula is C18H38O7. The Morgan fingerprint density at radius 3 is 1.92 bits per heavy atom. The van der Waals surface area contributed by atoms with Gasteiger partial charge in [0.1, 0.15) is 0 Å². The molecule has 0 amide bonds. The van der Waals surface area contributed by atoms with E-state index >= 15 is 0 Å². The Kier molecular flexibility index (Phi) is 24.3. The van der Waals surface area contributed by atoms with Gasteiger partial charge < -0.3 is 29.5 Å². The average molecular weight is 366 g/mol. The van der Waals surface area contributed by atoms with Crippen LogP contribution in [0.1, 0.15) is 58.3 Å². The summed E-state index contributed by atoms with van der Waals surface area (Å²) in [5.41, 5.74) is 0. The lowest BCUT2D eigenvalue weighted by Crippen LogP contribution is -2.11. The Balaban J connectivity index is 0. The van der Waals surface area contributed by atoms with E-state index in [1.165, 1.54) is 0 Å². The zero-order chi connectivity index (χ0) is 19.2. The first-order valence-corrected chi connectivity index (χ1v) is 9.23. The number of carbonyl (C=O) groups excluding carboxylic acids is 1. The van der Waals surface area contributed by atoms with Crippen LogP contribution >= 0.6 is 0 Å². The van der Waals surface area contributed by atoms with Crippen molar-refractivity contribution in [3.05, 3.63) is 0 Å². The standard InChI is InChI=1S/C13H26O5.C5H12O2/c1-12(6-9-15)7-11-18-13(16)17-10-5-3-2-4-8-14;1-7-5-3-2-4-6/h12,14-15H,2-11H2,1H3;6H,2-5H2,1H3. The van der Waals surface area contributed by atoms with Gasteiger partial charge in [-0.3, -0.25) is 0 Å². The molecule has 0 aliphatic rings. The van der Waals surface area contributed by atoms with E-state index in [0.717, 1.165) is 58.0 Å². The third-order valence-corrected chi connectivity index (χ3v) is 3.48. The van der Waals surface area contributed by atoms with E-state index in [4.69, 9.17) is 29.5 Å². The highest BCUT2D eigenvalue weighted by Gasteiger charge is 2.06. The highest BCUT2D eigenvalue weighted by atomic mass is 16.7. The first-order valence-electron chi connectivity index (χ1n) is 9.23. The highest BCUT2D eigenvalue weighted by molar-refractivity contribution is 5.59. The molecule has 0 radical (unpaired) electrons. The molecule has 0 saturated carbocycles. The summed E-state index contributed by atoms with van der Waals surface area (Å²) < 4.78 is 14.5. The number of aliphatic hydroxyl groups excluding tert-OH is 3. The minimum Gasteiger partial charge on any atom is -0.434 e. The van der Waals surface area contributed by atoms with Crippen molar-refractivity contribution in [3.8, 4) is 0 Å². The molecule has 152 valence electrons. The molecule has 25 heavy (non-hydrogen) atoms. The first-order chi connectivity index (χ1) is 12.1. The van der Waals surface area contributed by atoms with Crippen LogP contribution in [-0.4, -0.2) is 68.2 Å². The van der Waals surface area contributed by atoms with Gasteiger partial charge in [-0.15, -0.1) is 0 Å². The molecule has 0 aliphatic carbocycles. The number of ether oxygens (including phenoxy) is 3. The zero-order valence-electron chi connectivity index (χ0n) is 16.0. The second-order valence-electron chi connectivity index (χ2n) is 5.91.